The van der Waals surface area contributed by atoms with Crippen LogP contribution in [0, 0.1) is 0 Å². The summed E-state index contributed by atoms with van der Waals surface area (Å²) in [4.78, 5) is 0. The Labute approximate surface area is 91.2 Å². The van der Waals surface area contributed by atoms with Gasteiger partial charge in [-0.15, -0.1) is 11.3 Å². The van der Waals surface area contributed by atoms with Crippen molar-refractivity contribution in [2.45, 2.75) is 6.92 Å². The molecule has 1 heterocycles. The molecule has 2 aromatic rings. The molecule has 0 atom stereocenters. The van der Waals surface area contributed by atoms with Crippen molar-refractivity contribution in [1.29, 1.82) is 0 Å². The zero-order valence-corrected chi connectivity index (χ0v) is 9.28. The molecular formula is C10H10ClNOS. The van der Waals surface area contributed by atoms with E-state index in [0.717, 1.165) is 10.1 Å². The Morgan fingerprint density at radius 3 is 3.07 bits per heavy atom. The van der Waals surface area contributed by atoms with Crippen LogP contribution in [-0.2, 0) is 0 Å². The minimum atomic E-state index is 0.527. The molecule has 0 saturated carbocycles. The summed E-state index contributed by atoms with van der Waals surface area (Å²) in [7, 11) is 0. The predicted molar refractivity (Wildman–Crippen MR) is 62.4 cm³/mol. The average molecular weight is 228 g/mol. The van der Waals surface area contributed by atoms with Gasteiger partial charge in [0.1, 0.15) is 0 Å². The van der Waals surface area contributed by atoms with Crippen molar-refractivity contribution in [3.8, 4) is 5.75 Å². The lowest BCUT2D eigenvalue weighted by Gasteiger charge is -2.09. The van der Waals surface area contributed by atoms with Gasteiger partial charge < -0.3 is 10.5 Å². The molecule has 2 N–H and O–H groups in total. The second-order valence-electron chi connectivity index (χ2n) is 2.87. The number of benzene rings is 1. The lowest BCUT2D eigenvalue weighted by Crippen LogP contribution is -1.97. The van der Waals surface area contributed by atoms with E-state index in [0.29, 0.717) is 23.1 Å². The van der Waals surface area contributed by atoms with Crippen molar-refractivity contribution in [2.24, 2.45) is 0 Å². The summed E-state index contributed by atoms with van der Waals surface area (Å²) in [6, 6.07) is 3.87. The molecule has 0 aliphatic heterocycles. The largest absolute Gasteiger partial charge is 0.491 e. The van der Waals surface area contributed by atoms with Crippen LogP contribution in [0.15, 0.2) is 17.5 Å². The SMILES string of the molecule is CCOc1c(N)c(Cl)cc2sccc12. The Morgan fingerprint density at radius 2 is 2.36 bits per heavy atom. The molecule has 0 fully saturated rings. The molecule has 4 heteroatoms. The van der Waals surface area contributed by atoms with Crippen LogP contribution in [0.2, 0.25) is 5.02 Å². The van der Waals surface area contributed by atoms with E-state index >= 15 is 0 Å². The van der Waals surface area contributed by atoms with Gasteiger partial charge in [-0.05, 0) is 24.4 Å². The fraction of sp³-hybridized carbons (Fsp3) is 0.200. The maximum atomic E-state index is 5.99. The first-order valence-corrected chi connectivity index (χ1v) is 5.57. The van der Waals surface area contributed by atoms with E-state index in [1.54, 1.807) is 11.3 Å². The molecule has 0 unspecified atom stereocenters. The van der Waals surface area contributed by atoms with Crippen LogP contribution in [0.1, 0.15) is 6.92 Å². The van der Waals surface area contributed by atoms with Crippen molar-refractivity contribution in [2.75, 3.05) is 12.3 Å². The van der Waals surface area contributed by atoms with Gasteiger partial charge in [-0.25, -0.2) is 0 Å². The van der Waals surface area contributed by atoms with Gasteiger partial charge in [-0.2, -0.15) is 0 Å². The number of nitrogens with two attached hydrogens (primary N) is 1. The molecule has 2 rings (SSSR count). The maximum absolute atomic E-state index is 5.99. The van der Waals surface area contributed by atoms with E-state index < -0.39 is 0 Å². The Bertz CT molecular complexity index is 466. The number of thiophene rings is 1. The van der Waals surface area contributed by atoms with Crippen molar-refractivity contribution in [1.82, 2.24) is 0 Å². The summed E-state index contributed by atoms with van der Waals surface area (Å²) in [5.74, 6) is 0.705. The van der Waals surface area contributed by atoms with Gasteiger partial charge in [0.15, 0.2) is 5.75 Å². The highest BCUT2D eigenvalue weighted by Gasteiger charge is 2.11. The number of nitrogen functional groups attached to an aromatic ring is 1. The summed E-state index contributed by atoms with van der Waals surface area (Å²) in [6.45, 7) is 2.52. The first kappa shape index (κ1) is 9.62. The zero-order chi connectivity index (χ0) is 10.1. The van der Waals surface area contributed by atoms with Crippen molar-refractivity contribution in [3.05, 3.63) is 22.5 Å². The standard InChI is InChI=1S/C10H10ClNOS/c1-2-13-10-6-3-4-14-8(6)5-7(11)9(10)12/h3-5H,2,12H2,1H3. The van der Waals surface area contributed by atoms with Gasteiger partial charge >= 0.3 is 0 Å². The Morgan fingerprint density at radius 1 is 1.57 bits per heavy atom. The number of hydrogen-bond donors (Lipinski definition) is 1. The number of fused-ring (bicyclic) bond motifs is 1. The third-order valence-corrected chi connectivity index (χ3v) is 3.16. The molecule has 0 aliphatic rings. The fourth-order valence-corrected chi connectivity index (χ4v) is 2.45. The topological polar surface area (TPSA) is 35.2 Å². The summed E-state index contributed by atoms with van der Waals surface area (Å²) < 4.78 is 6.59. The molecule has 0 saturated heterocycles. The van der Waals surface area contributed by atoms with Gasteiger partial charge in [-0.3, -0.25) is 0 Å². The van der Waals surface area contributed by atoms with Crippen molar-refractivity contribution in [3.63, 3.8) is 0 Å². The molecular weight excluding hydrogens is 218 g/mol. The van der Waals surface area contributed by atoms with Crippen LogP contribution >= 0.6 is 22.9 Å². The second kappa shape index (κ2) is 3.67. The van der Waals surface area contributed by atoms with E-state index in [4.69, 9.17) is 22.1 Å². The Kier molecular flexibility index (Phi) is 2.52. The predicted octanol–water partition coefficient (Wildman–Crippen LogP) is 3.54. The van der Waals surface area contributed by atoms with Gasteiger partial charge in [-0.1, -0.05) is 11.6 Å². The van der Waals surface area contributed by atoms with E-state index in [1.807, 2.05) is 24.4 Å². The Balaban J connectivity index is 2.73. The zero-order valence-electron chi connectivity index (χ0n) is 7.71. The normalized spacial score (nSPS) is 10.7. The summed E-state index contributed by atoms with van der Waals surface area (Å²) in [5.41, 5.74) is 6.37. The molecule has 0 aliphatic carbocycles. The number of halogens is 1. The van der Waals surface area contributed by atoms with Crippen LogP contribution in [0.25, 0.3) is 10.1 Å². The monoisotopic (exact) mass is 227 g/mol. The highest BCUT2D eigenvalue weighted by Crippen LogP contribution is 2.39. The number of anilines is 1. The summed E-state index contributed by atoms with van der Waals surface area (Å²) in [5, 5.41) is 3.60. The first-order valence-electron chi connectivity index (χ1n) is 4.32. The quantitative estimate of drug-likeness (QED) is 0.797. The van der Waals surface area contributed by atoms with Gasteiger partial charge in [0.25, 0.3) is 0 Å². The van der Waals surface area contributed by atoms with E-state index in [-0.39, 0.29) is 0 Å². The van der Waals surface area contributed by atoms with E-state index in [2.05, 4.69) is 0 Å². The minimum Gasteiger partial charge on any atom is -0.491 e. The van der Waals surface area contributed by atoms with Crippen LogP contribution in [0.3, 0.4) is 0 Å². The Hall–Kier alpha value is -0.930. The molecule has 2 nitrogen and oxygen atoms in total. The maximum Gasteiger partial charge on any atom is 0.152 e. The van der Waals surface area contributed by atoms with Gasteiger partial charge in [0.05, 0.1) is 17.3 Å². The summed E-state index contributed by atoms with van der Waals surface area (Å²) in [6.07, 6.45) is 0. The number of hydrogen-bond acceptors (Lipinski definition) is 3. The van der Waals surface area contributed by atoms with Gasteiger partial charge in [0.2, 0.25) is 0 Å². The minimum absolute atomic E-state index is 0.527. The molecule has 14 heavy (non-hydrogen) atoms. The highest BCUT2D eigenvalue weighted by molar-refractivity contribution is 7.17. The van der Waals surface area contributed by atoms with Crippen LogP contribution in [-0.4, -0.2) is 6.61 Å². The molecule has 0 radical (unpaired) electrons. The third kappa shape index (κ3) is 1.42. The van der Waals surface area contributed by atoms with Crippen LogP contribution in [0.5, 0.6) is 5.75 Å². The molecule has 1 aromatic carbocycles. The number of ether oxygens (including phenoxy) is 1. The highest BCUT2D eigenvalue weighted by atomic mass is 35.5. The molecule has 74 valence electrons. The van der Waals surface area contributed by atoms with Gasteiger partial charge in [0, 0.05) is 10.1 Å². The summed E-state index contributed by atoms with van der Waals surface area (Å²) >= 11 is 7.62. The second-order valence-corrected chi connectivity index (χ2v) is 4.22. The molecule has 1 aromatic heterocycles. The lowest BCUT2D eigenvalue weighted by atomic mass is 10.2. The molecule has 0 spiro atoms. The third-order valence-electron chi connectivity index (χ3n) is 1.99. The van der Waals surface area contributed by atoms with Crippen molar-refractivity contribution < 1.29 is 4.74 Å². The average Bonchev–Trinajstić information content (AvgIpc) is 2.60. The van der Waals surface area contributed by atoms with Crippen molar-refractivity contribution >= 4 is 38.7 Å². The van der Waals surface area contributed by atoms with Crippen LogP contribution < -0.4 is 10.5 Å². The molecule has 0 bridgehead atoms. The van der Waals surface area contributed by atoms with Crippen LogP contribution in [0.4, 0.5) is 5.69 Å². The van der Waals surface area contributed by atoms with E-state index in [1.165, 1.54) is 0 Å². The number of rotatable bonds is 2. The lowest BCUT2D eigenvalue weighted by molar-refractivity contribution is 0.346. The smallest absolute Gasteiger partial charge is 0.152 e. The molecule has 0 amide bonds. The first-order chi connectivity index (χ1) is 6.74. The fourth-order valence-electron chi connectivity index (χ4n) is 1.37. The van der Waals surface area contributed by atoms with E-state index in [9.17, 15) is 0 Å².